The van der Waals surface area contributed by atoms with Crippen LogP contribution >= 0.6 is 0 Å². The Labute approximate surface area is 124 Å². The Kier molecular flexibility index (Phi) is 5.44. The minimum atomic E-state index is 0.587. The van der Waals surface area contributed by atoms with Crippen LogP contribution in [0.25, 0.3) is 0 Å². The third-order valence-corrected chi connectivity index (χ3v) is 4.15. The van der Waals surface area contributed by atoms with Gasteiger partial charge in [0.15, 0.2) is 0 Å². The lowest BCUT2D eigenvalue weighted by atomic mass is 10.0. The Balaban J connectivity index is 2.03. The predicted octanol–water partition coefficient (Wildman–Crippen LogP) is 2.82. The number of hydrogen-bond donors (Lipinski definition) is 1. The fraction of sp³-hybridized carbons (Fsp3) is 0.647. The Hall–Kier alpha value is -1.06. The molecule has 1 aromatic rings. The van der Waals surface area contributed by atoms with E-state index in [0.29, 0.717) is 6.04 Å². The van der Waals surface area contributed by atoms with Gasteiger partial charge in [-0.15, -0.1) is 0 Å². The van der Waals surface area contributed by atoms with Crippen molar-refractivity contribution in [1.29, 1.82) is 0 Å². The molecule has 1 aliphatic heterocycles. The highest BCUT2D eigenvalue weighted by atomic mass is 15.2. The van der Waals surface area contributed by atoms with Crippen LogP contribution in [0.3, 0.4) is 0 Å². The van der Waals surface area contributed by atoms with Crippen LogP contribution in [0.1, 0.15) is 31.4 Å². The SMILES string of the molecule is CCN(Cc1ccc2c(c1)CCCN2)C(C)CN(C)C. The molecular weight excluding hydrogens is 246 g/mol. The second-order valence-corrected chi connectivity index (χ2v) is 6.20. The van der Waals surface area contributed by atoms with Gasteiger partial charge in [-0.2, -0.15) is 0 Å². The largest absolute Gasteiger partial charge is 0.385 e. The normalized spacial score (nSPS) is 16.1. The maximum atomic E-state index is 3.49. The number of fused-ring (bicyclic) bond motifs is 1. The standard InChI is InChI=1S/C17H29N3/c1-5-20(14(2)12-19(3)4)13-15-8-9-17-16(11-15)7-6-10-18-17/h8-9,11,14,18H,5-7,10,12-13H2,1-4H3. The summed E-state index contributed by atoms with van der Waals surface area (Å²) in [4.78, 5) is 4.82. The molecule has 0 spiro atoms. The van der Waals surface area contributed by atoms with Crippen molar-refractivity contribution in [3.63, 3.8) is 0 Å². The fourth-order valence-corrected chi connectivity index (χ4v) is 3.08. The molecule has 1 N–H and O–H groups in total. The smallest absolute Gasteiger partial charge is 0.0372 e. The van der Waals surface area contributed by atoms with E-state index < -0.39 is 0 Å². The zero-order chi connectivity index (χ0) is 14.5. The lowest BCUT2D eigenvalue weighted by Crippen LogP contribution is -2.39. The highest BCUT2D eigenvalue weighted by Gasteiger charge is 2.15. The summed E-state index contributed by atoms with van der Waals surface area (Å²) < 4.78 is 0. The fourth-order valence-electron chi connectivity index (χ4n) is 3.08. The van der Waals surface area contributed by atoms with Crippen LogP contribution in [0.2, 0.25) is 0 Å². The summed E-state index contributed by atoms with van der Waals surface area (Å²) in [6.07, 6.45) is 2.47. The molecule has 20 heavy (non-hydrogen) atoms. The number of benzene rings is 1. The number of nitrogens with zero attached hydrogens (tertiary/aromatic N) is 2. The molecule has 0 aliphatic carbocycles. The van der Waals surface area contributed by atoms with Crippen molar-refractivity contribution in [2.24, 2.45) is 0 Å². The molecule has 0 aromatic heterocycles. The summed E-state index contributed by atoms with van der Waals surface area (Å²) in [7, 11) is 4.30. The van der Waals surface area contributed by atoms with E-state index in [-0.39, 0.29) is 0 Å². The van der Waals surface area contributed by atoms with Crippen LogP contribution < -0.4 is 5.32 Å². The van der Waals surface area contributed by atoms with Gasteiger partial charge in [-0.3, -0.25) is 4.90 Å². The van der Waals surface area contributed by atoms with Crippen molar-refractivity contribution in [3.8, 4) is 0 Å². The number of likely N-dealkylation sites (N-methyl/N-ethyl adjacent to an activating group) is 2. The molecule has 0 fully saturated rings. The van der Waals surface area contributed by atoms with Gasteiger partial charge in [-0.25, -0.2) is 0 Å². The average Bonchev–Trinajstić information content (AvgIpc) is 2.43. The highest BCUT2D eigenvalue weighted by Crippen LogP contribution is 2.23. The minimum Gasteiger partial charge on any atom is -0.385 e. The predicted molar refractivity (Wildman–Crippen MR) is 87.4 cm³/mol. The number of hydrogen-bond acceptors (Lipinski definition) is 3. The van der Waals surface area contributed by atoms with E-state index in [9.17, 15) is 0 Å². The van der Waals surface area contributed by atoms with Gasteiger partial charge in [0.1, 0.15) is 0 Å². The molecular formula is C17H29N3. The van der Waals surface area contributed by atoms with Crippen LogP contribution in [0, 0.1) is 0 Å². The molecule has 1 aliphatic rings. The van der Waals surface area contributed by atoms with Gasteiger partial charge in [0, 0.05) is 31.4 Å². The van der Waals surface area contributed by atoms with E-state index in [1.54, 1.807) is 0 Å². The molecule has 0 saturated carbocycles. The summed E-state index contributed by atoms with van der Waals surface area (Å²) in [5.41, 5.74) is 4.27. The quantitative estimate of drug-likeness (QED) is 0.861. The van der Waals surface area contributed by atoms with Crippen molar-refractivity contribution in [2.45, 2.75) is 39.3 Å². The molecule has 1 heterocycles. The second-order valence-electron chi connectivity index (χ2n) is 6.20. The number of aryl methyl sites for hydroxylation is 1. The highest BCUT2D eigenvalue weighted by molar-refractivity contribution is 5.54. The Morgan fingerprint density at radius 2 is 2.10 bits per heavy atom. The minimum absolute atomic E-state index is 0.587. The van der Waals surface area contributed by atoms with Gasteiger partial charge in [0.2, 0.25) is 0 Å². The number of rotatable bonds is 6. The molecule has 3 heteroatoms. The Bertz CT molecular complexity index is 428. The topological polar surface area (TPSA) is 18.5 Å². The third-order valence-electron chi connectivity index (χ3n) is 4.15. The van der Waals surface area contributed by atoms with Crippen molar-refractivity contribution in [2.75, 3.05) is 39.0 Å². The summed E-state index contributed by atoms with van der Waals surface area (Å²) in [6.45, 7) is 8.96. The molecule has 112 valence electrons. The molecule has 0 radical (unpaired) electrons. The van der Waals surface area contributed by atoms with E-state index in [1.807, 2.05) is 0 Å². The van der Waals surface area contributed by atoms with Gasteiger partial charge >= 0.3 is 0 Å². The average molecular weight is 275 g/mol. The summed E-state index contributed by atoms with van der Waals surface area (Å²) >= 11 is 0. The molecule has 0 bridgehead atoms. The summed E-state index contributed by atoms with van der Waals surface area (Å²) in [5.74, 6) is 0. The molecule has 1 atom stereocenters. The maximum absolute atomic E-state index is 3.49. The van der Waals surface area contributed by atoms with Gasteiger partial charge in [0.05, 0.1) is 0 Å². The third kappa shape index (κ3) is 3.97. The Morgan fingerprint density at radius 1 is 1.30 bits per heavy atom. The summed E-state index contributed by atoms with van der Waals surface area (Å²) in [6, 6.07) is 7.52. The van der Waals surface area contributed by atoms with E-state index in [0.717, 1.165) is 26.2 Å². The van der Waals surface area contributed by atoms with Crippen LogP contribution in [0.15, 0.2) is 18.2 Å². The van der Waals surface area contributed by atoms with E-state index in [1.165, 1.54) is 29.7 Å². The first kappa shape index (κ1) is 15.3. The number of nitrogens with one attached hydrogen (secondary N) is 1. The lowest BCUT2D eigenvalue weighted by molar-refractivity contribution is 0.174. The lowest BCUT2D eigenvalue weighted by Gasteiger charge is -2.30. The second kappa shape index (κ2) is 7.09. The van der Waals surface area contributed by atoms with Gasteiger partial charge in [-0.1, -0.05) is 19.1 Å². The zero-order valence-electron chi connectivity index (χ0n) is 13.4. The first-order valence-corrected chi connectivity index (χ1v) is 7.84. The maximum Gasteiger partial charge on any atom is 0.0372 e. The number of anilines is 1. The molecule has 2 rings (SSSR count). The molecule has 0 saturated heterocycles. The van der Waals surface area contributed by atoms with E-state index in [4.69, 9.17) is 0 Å². The van der Waals surface area contributed by atoms with Crippen LogP contribution in [-0.4, -0.2) is 49.6 Å². The van der Waals surface area contributed by atoms with Crippen LogP contribution in [0.5, 0.6) is 0 Å². The molecule has 1 unspecified atom stereocenters. The first-order valence-electron chi connectivity index (χ1n) is 7.84. The monoisotopic (exact) mass is 275 g/mol. The van der Waals surface area contributed by atoms with E-state index in [2.05, 4.69) is 61.3 Å². The van der Waals surface area contributed by atoms with Gasteiger partial charge in [0.25, 0.3) is 0 Å². The molecule has 1 aromatic carbocycles. The van der Waals surface area contributed by atoms with Crippen molar-refractivity contribution in [1.82, 2.24) is 9.80 Å². The Morgan fingerprint density at radius 3 is 2.80 bits per heavy atom. The van der Waals surface area contributed by atoms with Crippen molar-refractivity contribution >= 4 is 5.69 Å². The van der Waals surface area contributed by atoms with Crippen LogP contribution in [-0.2, 0) is 13.0 Å². The first-order chi connectivity index (χ1) is 9.60. The van der Waals surface area contributed by atoms with Crippen LogP contribution in [0.4, 0.5) is 5.69 Å². The zero-order valence-corrected chi connectivity index (χ0v) is 13.4. The molecule has 3 nitrogen and oxygen atoms in total. The van der Waals surface area contributed by atoms with Gasteiger partial charge in [-0.05, 0) is 57.6 Å². The van der Waals surface area contributed by atoms with Gasteiger partial charge < -0.3 is 10.2 Å². The molecule has 0 amide bonds. The van der Waals surface area contributed by atoms with Crippen molar-refractivity contribution < 1.29 is 0 Å². The summed E-state index contributed by atoms with van der Waals surface area (Å²) in [5, 5.41) is 3.49. The van der Waals surface area contributed by atoms with E-state index >= 15 is 0 Å². The van der Waals surface area contributed by atoms with Crippen molar-refractivity contribution in [3.05, 3.63) is 29.3 Å².